The fraction of sp³-hybridized carbons (Fsp3) is 0.304. The Labute approximate surface area is 195 Å². The molecule has 1 aliphatic rings. The molecule has 6 nitrogen and oxygen atoms in total. The molecule has 2 atom stereocenters. The number of halogens is 2. The molecule has 2 aromatic carbocycles. The van der Waals surface area contributed by atoms with Crippen LogP contribution in [0.3, 0.4) is 0 Å². The van der Waals surface area contributed by atoms with Crippen molar-refractivity contribution in [2.45, 2.75) is 25.8 Å². The van der Waals surface area contributed by atoms with E-state index >= 15 is 0 Å². The van der Waals surface area contributed by atoms with E-state index in [1.54, 1.807) is 4.68 Å². The number of amides is 1. The summed E-state index contributed by atoms with van der Waals surface area (Å²) in [6.07, 6.45) is 0. The number of benzene rings is 2. The third kappa shape index (κ3) is 5.86. The maximum Gasteiger partial charge on any atom is 0.239 e. The minimum atomic E-state index is -0.0563. The van der Waals surface area contributed by atoms with Crippen molar-refractivity contribution in [1.82, 2.24) is 14.7 Å². The maximum atomic E-state index is 12.7. The third-order valence-electron chi connectivity index (χ3n) is 5.41. The molecule has 0 aliphatic carbocycles. The Kier molecular flexibility index (Phi) is 8.65. The lowest BCUT2D eigenvalue weighted by atomic mass is 9.95. The first-order valence-corrected chi connectivity index (χ1v) is 9.96. The van der Waals surface area contributed by atoms with E-state index in [4.69, 9.17) is 5.73 Å². The zero-order chi connectivity index (χ0) is 20.4. The van der Waals surface area contributed by atoms with Crippen molar-refractivity contribution in [1.29, 1.82) is 0 Å². The molecular formula is C23H29Cl2N5O. The molecule has 4 rings (SSSR count). The predicted molar refractivity (Wildman–Crippen MR) is 130 cm³/mol. The normalized spacial score (nSPS) is 18.2. The van der Waals surface area contributed by atoms with E-state index in [9.17, 15) is 4.79 Å². The molecule has 1 aliphatic heterocycles. The van der Waals surface area contributed by atoms with Crippen LogP contribution in [0, 0.1) is 13.8 Å². The molecule has 1 amide bonds. The molecule has 0 bridgehead atoms. The molecule has 3 aromatic rings. The van der Waals surface area contributed by atoms with Crippen LogP contribution in [0.1, 0.15) is 22.7 Å². The summed E-state index contributed by atoms with van der Waals surface area (Å²) in [5.41, 5.74) is 10.5. The summed E-state index contributed by atoms with van der Waals surface area (Å²) in [5, 5.41) is 7.55. The van der Waals surface area contributed by atoms with E-state index in [0.29, 0.717) is 18.9 Å². The second kappa shape index (κ2) is 10.8. The largest absolute Gasteiger partial charge is 0.326 e. The summed E-state index contributed by atoms with van der Waals surface area (Å²) in [6, 6.07) is 20.3. The molecule has 166 valence electrons. The minimum Gasteiger partial charge on any atom is -0.326 e. The van der Waals surface area contributed by atoms with Gasteiger partial charge in [-0.3, -0.25) is 9.69 Å². The van der Waals surface area contributed by atoms with Crippen molar-refractivity contribution in [3.05, 3.63) is 77.5 Å². The number of nitrogens with two attached hydrogens (primary N) is 1. The van der Waals surface area contributed by atoms with Crippen molar-refractivity contribution < 1.29 is 4.79 Å². The number of nitrogens with zero attached hydrogens (tertiary/aromatic N) is 3. The fourth-order valence-electron chi connectivity index (χ4n) is 3.95. The number of carbonyl (C=O) groups is 1. The molecule has 2 heterocycles. The van der Waals surface area contributed by atoms with Crippen LogP contribution in [0.15, 0.2) is 60.7 Å². The Morgan fingerprint density at radius 1 is 1.06 bits per heavy atom. The topological polar surface area (TPSA) is 76.2 Å². The van der Waals surface area contributed by atoms with Crippen LogP contribution >= 0.6 is 24.8 Å². The number of anilines is 1. The second-order valence-electron chi connectivity index (χ2n) is 7.84. The zero-order valence-corrected chi connectivity index (χ0v) is 19.3. The molecule has 1 aromatic heterocycles. The molecule has 31 heavy (non-hydrogen) atoms. The number of rotatable bonds is 5. The first-order chi connectivity index (χ1) is 14.0. The lowest BCUT2D eigenvalue weighted by Gasteiger charge is -2.16. The molecule has 0 spiro atoms. The summed E-state index contributed by atoms with van der Waals surface area (Å²) in [5.74, 6) is 0.878. The van der Waals surface area contributed by atoms with Crippen molar-refractivity contribution in [2.24, 2.45) is 5.73 Å². The van der Waals surface area contributed by atoms with Crippen LogP contribution in [0.4, 0.5) is 5.82 Å². The monoisotopic (exact) mass is 461 g/mol. The van der Waals surface area contributed by atoms with Crippen LogP contribution in [0.2, 0.25) is 0 Å². The number of hydrogen-bond acceptors (Lipinski definition) is 4. The third-order valence-corrected chi connectivity index (χ3v) is 5.41. The summed E-state index contributed by atoms with van der Waals surface area (Å²) in [7, 11) is 0. The summed E-state index contributed by atoms with van der Waals surface area (Å²) < 4.78 is 1.77. The van der Waals surface area contributed by atoms with Gasteiger partial charge >= 0.3 is 0 Å². The highest BCUT2D eigenvalue weighted by atomic mass is 35.5. The Morgan fingerprint density at radius 2 is 1.74 bits per heavy atom. The lowest BCUT2D eigenvalue weighted by molar-refractivity contribution is -0.117. The van der Waals surface area contributed by atoms with Gasteiger partial charge in [-0.15, -0.1) is 24.8 Å². The van der Waals surface area contributed by atoms with Crippen LogP contribution < -0.4 is 11.1 Å². The van der Waals surface area contributed by atoms with Gasteiger partial charge in [-0.25, -0.2) is 4.68 Å². The number of likely N-dealkylation sites (tertiary alicyclic amines) is 1. The molecule has 3 N–H and O–H groups in total. The van der Waals surface area contributed by atoms with Gasteiger partial charge in [-0.2, -0.15) is 5.10 Å². The minimum absolute atomic E-state index is 0. The zero-order valence-electron chi connectivity index (χ0n) is 17.7. The van der Waals surface area contributed by atoms with Crippen LogP contribution in [-0.4, -0.2) is 46.3 Å². The molecular weight excluding hydrogens is 433 g/mol. The quantitative estimate of drug-likeness (QED) is 0.607. The van der Waals surface area contributed by atoms with E-state index in [-0.39, 0.29) is 42.7 Å². The van der Waals surface area contributed by atoms with Crippen molar-refractivity contribution >= 4 is 36.5 Å². The summed E-state index contributed by atoms with van der Waals surface area (Å²) >= 11 is 0. The van der Waals surface area contributed by atoms with E-state index in [2.05, 4.69) is 27.4 Å². The molecule has 0 radical (unpaired) electrons. The van der Waals surface area contributed by atoms with Gasteiger partial charge in [-0.1, -0.05) is 48.0 Å². The van der Waals surface area contributed by atoms with E-state index < -0.39 is 0 Å². The molecule has 1 saturated heterocycles. The Bertz CT molecular complexity index is 991. The number of hydrogen-bond donors (Lipinski definition) is 2. The maximum absolute atomic E-state index is 12.7. The lowest BCUT2D eigenvalue weighted by Crippen LogP contribution is -2.34. The van der Waals surface area contributed by atoms with Crippen molar-refractivity contribution in [3.63, 3.8) is 0 Å². The first kappa shape index (κ1) is 24.9. The number of nitrogens with one attached hydrogen (secondary N) is 1. The predicted octanol–water partition coefficient (Wildman–Crippen LogP) is 3.70. The van der Waals surface area contributed by atoms with E-state index in [0.717, 1.165) is 17.9 Å². The molecule has 1 fully saturated rings. The van der Waals surface area contributed by atoms with Gasteiger partial charge in [0.05, 0.1) is 17.9 Å². The molecule has 8 heteroatoms. The highest BCUT2D eigenvalue weighted by molar-refractivity contribution is 5.91. The molecule has 0 unspecified atom stereocenters. The highest BCUT2D eigenvalue weighted by Gasteiger charge is 2.32. The van der Waals surface area contributed by atoms with Gasteiger partial charge in [0.1, 0.15) is 5.82 Å². The Hall–Kier alpha value is -2.38. The van der Waals surface area contributed by atoms with Gasteiger partial charge in [0.15, 0.2) is 0 Å². The van der Waals surface area contributed by atoms with Gasteiger partial charge < -0.3 is 11.1 Å². The fourth-order valence-corrected chi connectivity index (χ4v) is 3.95. The standard InChI is InChI=1S/C23H27N5O.2ClH/c1-16-8-10-19(11-9-16)28-22(12-17(2)26-28)25-23(29)15-27-13-20(21(24)14-27)18-6-4-3-5-7-18;;/h3-12,20-21H,13-15,24H2,1-2H3,(H,25,29);2*1H/t20-,21+;;/m0../s1. The van der Waals surface area contributed by atoms with Gasteiger partial charge in [0.2, 0.25) is 5.91 Å². The second-order valence-corrected chi connectivity index (χ2v) is 7.84. The van der Waals surface area contributed by atoms with Crippen molar-refractivity contribution in [3.8, 4) is 5.69 Å². The van der Waals surface area contributed by atoms with Crippen LogP contribution in [0.5, 0.6) is 0 Å². The smallest absolute Gasteiger partial charge is 0.239 e. The Balaban J connectivity index is 0.00000171. The first-order valence-electron chi connectivity index (χ1n) is 9.96. The average molecular weight is 462 g/mol. The van der Waals surface area contributed by atoms with Crippen LogP contribution in [0.25, 0.3) is 5.69 Å². The van der Waals surface area contributed by atoms with E-state index in [1.165, 1.54) is 11.1 Å². The summed E-state index contributed by atoms with van der Waals surface area (Å²) in [4.78, 5) is 14.9. The van der Waals surface area contributed by atoms with Crippen LogP contribution in [-0.2, 0) is 4.79 Å². The summed E-state index contributed by atoms with van der Waals surface area (Å²) in [6.45, 7) is 5.78. The number of carbonyl (C=O) groups excluding carboxylic acids is 1. The van der Waals surface area contributed by atoms with Gasteiger partial charge in [0.25, 0.3) is 0 Å². The van der Waals surface area contributed by atoms with Crippen molar-refractivity contribution in [2.75, 3.05) is 25.0 Å². The number of aryl methyl sites for hydroxylation is 2. The van der Waals surface area contributed by atoms with E-state index in [1.807, 2.05) is 62.4 Å². The highest BCUT2D eigenvalue weighted by Crippen LogP contribution is 2.26. The number of aromatic nitrogens is 2. The van der Waals surface area contributed by atoms with Gasteiger partial charge in [0, 0.05) is 31.1 Å². The SMILES string of the molecule is Cc1ccc(-n2nc(C)cc2NC(=O)CN2C[C@@H](N)[C@H](c3ccccc3)C2)cc1.Cl.Cl. The Morgan fingerprint density at radius 3 is 2.42 bits per heavy atom. The molecule has 0 saturated carbocycles. The average Bonchev–Trinajstić information content (AvgIpc) is 3.25. The van der Waals surface area contributed by atoms with Gasteiger partial charge in [-0.05, 0) is 31.5 Å².